The minimum Gasteiger partial charge on any atom is -0.392 e. The van der Waals surface area contributed by atoms with E-state index in [4.69, 9.17) is 5.11 Å². The van der Waals surface area contributed by atoms with Crippen LogP contribution in [0.2, 0.25) is 0 Å². The third-order valence-corrected chi connectivity index (χ3v) is 3.24. The minimum absolute atomic E-state index is 0.0587. The standard InChI is InChI=1S/C13H9BrF2N2O2/c14-9-4-11(16)10(15)3-8(9)13(20)18-12-5-17-2-1-7(12)6-19/h1-5,19H,6H2,(H,18,20). The molecule has 1 aromatic heterocycles. The van der Waals surface area contributed by atoms with Gasteiger partial charge in [-0.1, -0.05) is 0 Å². The maximum atomic E-state index is 13.2. The molecule has 1 heterocycles. The predicted octanol–water partition coefficient (Wildman–Crippen LogP) is 2.87. The number of hydrogen-bond donors (Lipinski definition) is 2. The Labute approximate surface area is 121 Å². The van der Waals surface area contributed by atoms with Crippen LogP contribution in [0.25, 0.3) is 0 Å². The number of nitrogens with zero attached hydrogens (tertiary/aromatic N) is 1. The number of hydrogen-bond acceptors (Lipinski definition) is 3. The lowest BCUT2D eigenvalue weighted by Crippen LogP contribution is -2.15. The van der Waals surface area contributed by atoms with Gasteiger partial charge in [0.2, 0.25) is 0 Å². The van der Waals surface area contributed by atoms with Crippen LogP contribution in [0.3, 0.4) is 0 Å². The van der Waals surface area contributed by atoms with Gasteiger partial charge in [0, 0.05) is 16.2 Å². The Balaban J connectivity index is 2.31. The number of pyridine rings is 1. The van der Waals surface area contributed by atoms with E-state index in [-0.39, 0.29) is 16.6 Å². The van der Waals surface area contributed by atoms with E-state index in [0.717, 1.165) is 12.1 Å². The van der Waals surface area contributed by atoms with Crippen molar-refractivity contribution in [3.8, 4) is 0 Å². The van der Waals surface area contributed by atoms with Crippen LogP contribution in [0.1, 0.15) is 15.9 Å². The molecule has 0 bridgehead atoms. The van der Waals surface area contributed by atoms with Gasteiger partial charge in [0.1, 0.15) is 0 Å². The Bertz CT molecular complexity index is 665. The van der Waals surface area contributed by atoms with Crippen molar-refractivity contribution in [3.05, 3.63) is 57.8 Å². The van der Waals surface area contributed by atoms with Gasteiger partial charge in [-0.2, -0.15) is 0 Å². The Hall–Kier alpha value is -1.86. The molecule has 0 saturated carbocycles. The van der Waals surface area contributed by atoms with E-state index in [0.29, 0.717) is 11.3 Å². The van der Waals surface area contributed by atoms with Gasteiger partial charge in [-0.25, -0.2) is 8.78 Å². The van der Waals surface area contributed by atoms with Crippen molar-refractivity contribution in [2.45, 2.75) is 6.61 Å². The number of aliphatic hydroxyl groups is 1. The number of rotatable bonds is 3. The number of aromatic nitrogens is 1. The van der Waals surface area contributed by atoms with Crippen LogP contribution in [0.15, 0.2) is 35.1 Å². The van der Waals surface area contributed by atoms with Gasteiger partial charge in [0.15, 0.2) is 11.6 Å². The summed E-state index contributed by atoms with van der Waals surface area (Å²) in [4.78, 5) is 15.8. The highest BCUT2D eigenvalue weighted by molar-refractivity contribution is 9.10. The molecular weight excluding hydrogens is 334 g/mol. The number of anilines is 1. The lowest BCUT2D eigenvalue weighted by molar-refractivity contribution is 0.102. The Morgan fingerprint density at radius 2 is 2.05 bits per heavy atom. The summed E-state index contributed by atoms with van der Waals surface area (Å²) in [6.45, 7) is -0.281. The zero-order valence-electron chi connectivity index (χ0n) is 10.0. The fourth-order valence-electron chi connectivity index (χ4n) is 1.56. The Morgan fingerprint density at radius 1 is 1.35 bits per heavy atom. The van der Waals surface area contributed by atoms with Crippen LogP contribution in [-0.2, 0) is 6.61 Å². The third-order valence-electron chi connectivity index (χ3n) is 2.58. The number of amides is 1. The van der Waals surface area contributed by atoms with Crippen molar-refractivity contribution in [3.63, 3.8) is 0 Å². The molecule has 0 fully saturated rings. The Morgan fingerprint density at radius 3 is 2.75 bits per heavy atom. The molecule has 0 aliphatic heterocycles. The van der Waals surface area contributed by atoms with Gasteiger partial charge in [-0.15, -0.1) is 0 Å². The number of aliphatic hydroxyl groups excluding tert-OH is 1. The number of benzene rings is 1. The molecule has 1 amide bonds. The molecular formula is C13H9BrF2N2O2. The average Bonchev–Trinajstić information content (AvgIpc) is 2.43. The second kappa shape index (κ2) is 6.06. The maximum absolute atomic E-state index is 13.2. The first kappa shape index (κ1) is 14.5. The van der Waals surface area contributed by atoms with Crippen molar-refractivity contribution in [2.75, 3.05) is 5.32 Å². The molecule has 0 saturated heterocycles. The second-order valence-electron chi connectivity index (χ2n) is 3.89. The molecule has 2 N–H and O–H groups in total. The molecule has 0 radical (unpaired) electrons. The molecule has 2 rings (SSSR count). The van der Waals surface area contributed by atoms with Crippen LogP contribution in [0.4, 0.5) is 14.5 Å². The zero-order valence-corrected chi connectivity index (χ0v) is 11.6. The quantitative estimate of drug-likeness (QED) is 0.843. The van der Waals surface area contributed by atoms with Crippen molar-refractivity contribution in [1.29, 1.82) is 0 Å². The molecule has 2 aromatic rings. The van der Waals surface area contributed by atoms with Gasteiger partial charge in [0.25, 0.3) is 5.91 Å². The van der Waals surface area contributed by atoms with Gasteiger partial charge < -0.3 is 10.4 Å². The first-order valence-electron chi connectivity index (χ1n) is 5.52. The van der Waals surface area contributed by atoms with E-state index in [9.17, 15) is 13.6 Å². The summed E-state index contributed by atoms with van der Waals surface area (Å²) in [5, 5.41) is 11.6. The largest absolute Gasteiger partial charge is 0.392 e. The smallest absolute Gasteiger partial charge is 0.256 e. The Kier molecular flexibility index (Phi) is 4.41. The summed E-state index contributed by atoms with van der Waals surface area (Å²) in [5.41, 5.74) is 0.709. The SMILES string of the molecule is O=C(Nc1cnccc1CO)c1cc(F)c(F)cc1Br. The van der Waals surface area contributed by atoms with E-state index in [1.165, 1.54) is 18.5 Å². The lowest BCUT2D eigenvalue weighted by atomic mass is 10.2. The monoisotopic (exact) mass is 342 g/mol. The summed E-state index contributed by atoms with van der Waals surface area (Å²) < 4.78 is 26.3. The molecule has 7 heteroatoms. The van der Waals surface area contributed by atoms with Crippen LogP contribution < -0.4 is 5.32 Å². The highest BCUT2D eigenvalue weighted by Crippen LogP contribution is 2.22. The van der Waals surface area contributed by atoms with Crippen molar-refractivity contribution in [1.82, 2.24) is 4.98 Å². The second-order valence-corrected chi connectivity index (χ2v) is 4.75. The van der Waals surface area contributed by atoms with E-state index in [1.807, 2.05) is 0 Å². The lowest BCUT2D eigenvalue weighted by Gasteiger charge is -2.10. The molecule has 0 unspecified atom stereocenters. The number of halogens is 3. The summed E-state index contributed by atoms with van der Waals surface area (Å²) in [6.07, 6.45) is 2.83. The predicted molar refractivity (Wildman–Crippen MR) is 72.2 cm³/mol. The molecule has 0 aliphatic rings. The minimum atomic E-state index is -1.12. The maximum Gasteiger partial charge on any atom is 0.256 e. The van der Waals surface area contributed by atoms with Crippen LogP contribution in [0, 0.1) is 11.6 Å². The van der Waals surface area contributed by atoms with E-state index >= 15 is 0 Å². The van der Waals surface area contributed by atoms with Gasteiger partial charge in [-0.3, -0.25) is 9.78 Å². The summed E-state index contributed by atoms with van der Waals surface area (Å²) in [7, 11) is 0. The molecule has 0 spiro atoms. The summed E-state index contributed by atoms with van der Waals surface area (Å²) in [6, 6.07) is 3.21. The summed E-state index contributed by atoms with van der Waals surface area (Å²) in [5.74, 6) is -2.81. The fourth-order valence-corrected chi connectivity index (χ4v) is 2.06. The molecule has 4 nitrogen and oxygen atoms in total. The first-order chi connectivity index (χ1) is 9.52. The van der Waals surface area contributed by atoms with E-state index < -0.39 is 17.5 Å². The highest BCUT2D eigenvalue weighted by atomic mass is 79.9. The van der Waals surface area contributed by atoms with Gasteiger partial charge in [-0.05, 0) is 34.1 Å². The van der Waals surface area contributed by atoms with Crippen LogP contribution in [-0.4, -0.2) is 16.0 Å². The molecule has 0 aliphatic carbocycles. The molecule has 1 aromatic carbocycles. The third kappa shape index (κ3) is 3.00. The van der Waals surface area contributed by atoms with Gasteiger partial charge >= 0.3 is 0 Å². The van der Waals surface area contributed by atoms with Crippen LogP contribution in [0.5, 0.6) is 0 Å². The first-order valence-corrected chi connectivity index (χ1v) is 6.32. The van der Waals surface area contributed by atoms with E-state index in [1.54, 1.807) is 0 Å². The highest BCUT2D eigenvalue weighted by Gasteiger charge is 2.15. The topological polar surface area (TPSA) is 62.2 Å². The number of nitrogens with one attached hydrogen (secondary N) is 1. The van der Waals surface area contributed by atoms with Crippen molar-refractivity contribution < 1.29 is 18.7 Å². The van der Waals surface area contributed by atoms with Crippen molar-refractivity contribution >= 4 is 27.5 Å². The molecule has 20 heavy (non-hydrogen) atoms. The number of carbonyl (C=O) groups is 1. The fraction of sp³-hybridized carbons (Fsp3) is 0.0769. The van der Waals surface area contributed by atoms with Crippen molar-refractivity contribution in [2.24, 2.45) is 0 Å². The average molecular weight is 343 g/mol. The normalized spacial score (nSPS) is 10.4. The molecule has 0 atom stereocenters. The van der Waals surface area contributed by atoms with Crippen LogP contribution >= 0.6 is 15.9 Å². The number of carbonyl (C=O) groups excluding carboxylic acids is 1. The molecule has 104 valence electrons. The van der Waals surface area contributed by atoms with E-state index in [2.05, 4.69) is 26.2 Å². The van der Waals surface area contributed by atoms with Gasteiger partial charge in [0.05, 0.1) is 24.1 Å². The zero-order chi connectivity index (χ0) is 14.7. The summed E-state index contributed by atoms with van der Waals surface area (Å²) >= 11 is 3.00.